The number of hydrogen-bond acceptors (Lipinski definition) is 3. The molecule has 0 saturated heterocycles. The fraction of sp³-hybridized carbons (Fsp3) is 0.500. The summed E-state index contributed by atoms with van der Waals surface area (Å²) in [6.07, 6.45) is 0. The molecule has 1 atom stereocenters. The van der Waals surface area contributed by atoms with Crippen molar-refractivity contribution >= 4 is 23.4 Å². The van der Waals surface area contributed by atoms with Crippen LogP contribution < -0.4 is 5.32 Å². The highest BCUT2D eigenvalue weighted by Crippen LogP contribution is 2.16. The van der Waals surface area contributed by atoms with E-state index in [9.17, 15) is 9.59 Å². The molecule has 0 fully saturated rings. The molecule has 0 heterocycles. The van der Waals surface area contributed by atoms with Crippen LogP contribution in [-0.2, 0) is 4.79 Å². The minimum Gasteiger partial charge on any atom is -0.395 e. The third-order valence-electron chi connectivity index (χ3n) is 3.40. The van der Waals surface area contributed by atoms with E-state index in [0.717, 1.165) is 0 Å². The quantitative estimate of drug-likeness (QED) is 0.804. The molecule has 0 aliphatic carbocycles. The van der Waals surface area contributed by atoms with Crippen LogP contribution in [0.1, 0.15) is 31.1 Å². The summed E-state index contributed by atoms with van der Waals surface area (Å²) in [6, 6.07) is 6.05. The standard InChI is InChI=1S/C16H23ClN2O3/c1-4-19(9-10-20)16(22)14(11(2)3)18-15(21)12-7-5-6-8-13(12)17/h5-8,11,14,20H,4,9-10H2,1-3H3,(H,18,21). The Kier molecular flexibility index (Phi) is 7.35. The van der Waals surface area contributed by atoms with Gasteiger partial charge in [0.15, 0.2) is 0 Å². The SMILES string of the molecule is CCN(CCO)C(=O)C(NC(=O)c1ccccc1Cl)C(C)C. The van der Waals surface area contributed by atoms with Gasteiger partial charge in [-0.25, -0.2) is 0 Å². The average Bonchev–Trinajstić information content (AvgIpc) is 2.49. The fourth-order valence-corrected chi connectivity index (χ4v) is 2.34. The summed E-state index contributed by atoms with van der Waals surface area (Å²) < 4.78 is 0. The van der Waals surface area contributed by atoms with Gasteiger partial charge in [0.05, 0.1) is 17.2 Å². The molecule has 22 heavy (non-hydrogen) atoms. The zero-order valence-electron chi connectivity index (χ0n) is 13.2. The predicted octanol–water partition coefficient (Wildman–Crippen LogP) is 1.94. The van der Waals surface area contributed by atoms with E-state index in [-0.39, 0.29) is 30.9 Å². The maximum absolute atomic E-state index is 12.5. The molecule has 1 unspecified atom stereocenters. The molecule has 0 spiro atoms. The lowest BCUT2D eigenvalue weighted by atomic mass is 10.0. The van der Waals surface area contributed by atoms with Gasteiger partial charge in [0.2, 0.25) is 5.91 Å². The number of carbonyl (C=O) groups excluding carboxylic acids is 2. The number of aliphatic hydroxyl groups is 1. The van der Waals surface area contributed by atoms with Crippen molar-refractivity contribution in [1.29, 1.82) is 0 Å². The summed E-state index contributed by atoms with van der Waals surface area (Å²) in [6.45, 7) is 6.18. The second kappa shape index (κ2) is 8.76. The lowest BCUT2D eigenvalue weighted by Crippen LogP contribution is -2.51. The maximum Gasteiger partial charge on any atom is 0.253 e. The molecule has 1 aromatic rings. The number of nitrogens with one attached hydrogen (secondary N) is 1. The predicted molar refractivity (Wildman–Crippen MR) is 86.9 cm³/mol. The minimum atomic E-state index is -0.657. The number of hydrogen-bond donors (Lipinski definition) is 2. The van der Waals surface area contributed by atoms with Crippen molar-refractivity contribution in [1.82, 2.24) is 10.2 Å². The number of carbonyl (C=O) groups is 2. The van der Waals surface area contributed by atoms with E-state index in [1.54, 1.807) is 24.3 Å². The molecular weight excluding hydrogens is 304 g/mol. The molecule has 1 aromatic carbocycles. The average molecular weight is 327 g/mol. The summed E-state index contributed by atoms with van der Waals surface area (Å²) in [4.78, 5) is 26.4. The van der Waals surface area contributed by atoms with E-state index in [2.05, 4.69) is 5.32 Å². The zero-order chi connectivity index (χ0) is 16.7. The second-order valence-corrected chi connectivity index (χ2v) is 5.72. The first-order valence-electron chi connectivity index (χ1n) is 7.37. The summed E-state index contributed by atoms with van der Waals surface area (Å²) in [7, 11) is 0. The van der Waals surface area contributed by atoms with Gasteiger partial charge >= 0.3 is 0 Å². The maximum atomic E-state index is 12.5. The van der Waals surface area contributed by atoms with Crippen LogP contribution in [0.2, 0.25) is 5.02 Å². The lowest BCUT2D eigenvalue weighted by molar-refractivity contribution is -0.134. The highest BCUT2D eigenvalue weighted by Gasteiger charge is 2.28. The number of aliphatic hydroxyl groups excluding tert-OH is 1. The third kappa shape index (κ3) is 4.71. The van der Waals surface area contributed by atoms with Gasteiger partial charge in [0.25, 0.3) is 5.91 Å². The van der Waals surface area contributed by atoms with Gasteiger partial charge in [0, 0.05) is 13.1 Å². The van der Waals surface area contributed by atoms with Crippen molar-refractivity contribution in [2.75, 3.05) is 19.7 Å². The molecule has 1 rings (SSSR count). The van der Waals surface area contributed by atoms with Crippen molar-refractivity contribution in [2.24, 2.45) is 5.92 Å². The van der Waals surface area contributed by atoms with Crippen molar-refractivity contribution < 1.29 is 14.7 Å². The first-order valence-corrected chi connectivity index (χ1v) is 7.75. The smallest absolute Gasteiger partial charge is 0.253 e. The molecule has 0 saturated carbocycles. The largest absolute Gasteiger partial charge is 0.395 e. The van der Waals surface area contributed by atoms with Gasteiger partial charge in [-0.2, -0.15) is 0 Å². The second-order valence-electron chi connectivity index (χ2n) is 5.32. The minimum absolute atomic E-state index is 0.0771. The van der Waals surface area contributed by atoms with Gasteiger partial charge in [-0.05, 0) is 25.0 Å². The first kappa shape index (κ1) is 18.5. The molecule has 2 N–H and O–H groups in total. The van der Waals surface area contributed by atoms with Gasteiger partial charge in [0.1, 0.15) is 6.04 Å². The Morgan fingerprint density at radius 2 is 1.95 bits per heavy atom. The Morgan fingerprint density at radius 3 is 2.45 bits per heavy atom. The van der Waals surface area contributed by atoms with E-state index in [1.807, 2.05) is 20.8 Å². The van der Waals surface area contributed by atoms with Crippen LogP contribution in [0.5, 0.6) is 0 Å². The molecule has 122 valence electrons. The number of halogens is 1. The molecule has 0 aromatic heterocycles. The third-order valence-corrected chi connectivity index (χ3v) is 3.73. The molecule has 5 nitrogen and oxygen atoms in total. The zero-order valence-corrected chi connectivity index (χ0v) is 13.9. The summed E-state index contributed by atoms with van der Waals surface area (Å²) in [5, 5.41) is 12.1. The van der Waals surface area contributed by atoms with Crippen LogP contribution in [0.15, 0.2) is 24.3 Å². The van der Waals surface area contributed by atoms with Gasteiger partial charge < -0.3 is 15.3 Å². The van der Waals surface area contributed by atoms with Crippen LogP contribution >= 0.6 is 11.6 Å². The van der Waals surface area contributed by atoms with Crippen LogP contribution in [0.25, 0.3) is 0 Å². The Hall–Kier alpha value is -1.59. The van der Waals surface area contributed by atoms with E-state index in [4.69, 9.17) is 16.7 Å². The van der Waals surface area contributed by atoms with E-state index >= 15 is 0 Å². The Labute approximate surface area is 136 Å². The number of rotatable bonds is 7. The van der Waals surface area contributed by atoms with E-state index in [0.29, 0.717) is 17.1 Å². The molecule has 6 heteroatoms. The molecule has 0 aliphatic heterocycles. The van der Waals surface area contributed by atoms with Crippen molar-refractivity contribution in [3.05, 3.63) is 34.9 Å². The summed E-state index contributed by atoms with van der Waals surface area (Å²) in [5.41, 5.74) is 0.341. The monoisotopic (exact) mass is 326 g/mol. The van der Waals surface area contributed by atoms with Crippen molar-refractivity contribution in [3.63, 3.8) is 0 Å². The topological polar surface area (TPSA) is 69.6 Å². The Morgan fingerprint density at radius 1 is 1.32 bits per heavy atom. The number of amides is 2. The number of likely N-dealkylation sites (N-methyl/N-ethyl adjacent to an activating group) is 1. The van der Waals surface area contributed by atoms with Crippen molar-refractivity contribution in [2.45, 2.75) is 26.8 Å². The normalized spacial score (nSPS) is 12.1. The van der Waals surface area contributed by atoms with Crippen LogP contribution in [-0.4, -0.2) is 47.6 Å². The number of benzene rings is 1. The van der Waals surface area contributed by atoms with E-state index in [1.165, 1.54) is 4.90 Å². The molecule has 0 bridgehead atoms. The Balaban J connectivity index is 2.91. The number of nitrogens with zero attached hydrogens (tertiary/aromatic N) is 1. The van der Waals surface area contributed by atoms with Gasteiger partial charge in [-0.15, -0.1) is 0 Å². The highest BCUT2D eigenvalue weighted by molar-refractivity contribution is 6.33. The fourth-order valence-electron chi connectivity index (χ4n) is 2.12. The van der Waals surface area contributed by atoms with Crippen LogP contribution in [0, 0.1) is 5.92 Å². The van der Waals surface area contributed by atoms with Gasteiger partial charge in [-0.3, -0.25) is 9.59 Å². The van der Waals surface area contributed by atoms with Gasteiger partial charge in [-0.1, -0.05) is 37.6 Å². The van der Waals surface area contributed by atoms with E-state index < -0.39 is 6.04 Å². The lowest BCUT2D eigenvalue weighted by Gasteiger charge is -2.28. The summed E-state index contributed by atoms with van der Waals surface area (Å²) in [5.74, 6) is -0.656. The van der Waals surface area contributed by atoms with Crippen molar-refractivity contribution in [3.8, 4) is 0 Å². The van der Waals surface area contributed by atoms with Crippen LogP contribution in [0.4, 0.5) is 0 Å². The molecule has 0 aliphatic rings. The molecule has 0 radical (unpaired) electrons. The summed E-state index contributed by atoms with van der Waals surface area (Å²) >= 11 is 6.01. The highest BCUT2D eigenvalue weighted by atomic mass is 35.5. The first-order chi connectivity index (χ1) is 10.4. The van der Waals surface area contributed by atoms with Crippen LogP contribution in [0.3, 0.4) is 0 Å². The molecular formula is C16H23ClN2O3. The Bertz CT molecular complexity index is 520. The molecule has 2 amide bonds.